The van der Waals surface area contributed by atoms with Gasteiger partial charge < -0.3 is 10.4 Å². The van der Waals surface area contributed by atoms with Crippen molar-refractivity contribution in [3.63, 3.8) is 0 Å². The minimum absolute atomic E-state index is 0.0393. The van der Waals surface area contributed by atoms with Crippen LogP contribution >= 0.6 is 11.6 Å². The number of aromatic nitrogens is 3. The van der Waals surface area contributed by atoms with E-state index in [0.717, 1.165) is 6.07 Å². The maximum absolute atomic E-state index is 15.9. The summed E-state index contributed by atoms with van der Waals surface area (Å²) >= 11 is 5.96. The fraction of sp³-hybridized carbons (Fsp3) is 0.333. The highest BCUT2D eigenvalue weighted by Gasteiger charge is 2.51. The number of nitrogens with one attached hydrogen (secondary N) is 1. The first-order valence-corrected chi connectivity index (χ1v) is 9.97. The van der Waals surface area contributed by atoms with Crippen LogP contribution in [0.4, 0.5) is 23.2 Å². The highest BCUT2D eigenvalue weighted by atomic mass is 35.5. The molecule has 3 aromatic rings. The van der Waals surface area contributed by atoms with Gasteiger partial charge in [0, 0.05) is 16.3 Å². The van der Waals surface area contributed by atoms with Gasteiger partial charge in [0.1, 0.15) is 12.7 Å². The summed E-state index contributed by atoms with van der Waals surface area (Å²) < 4.78 is 58.1. The third-order valence-corrected chi connectivity index (χ3v) is 5.80. The molecule has 5 nitrogen and oxygen atoms in total. The second-order valence-electron chi connectivity index (χ2n) is 7.54. The van der Waals surface area contributed by atoms with Crippen LogP contribution in [0.25, 0.3) is 0 Å². The number of hydrogen-bond acceptors (Lipinski definition) is 4. The number of benzene rings is 2. The van der Waals surface area contributed by atoms with Crippen LogP contribution in [-0.2, 0) is 18.3 Å². The van der Waals surface area contributed by atoms with Crippen molar-refractivity contribution in [2.75, 3.05) is 5.32 Å². The molecule has 0 fully saturated rings. The molecule has 0 saturated carbocycles. The van der Waals surface area contributed by atoms with Crippen molar-refractivity contribution in [2.45, 2.75) is 43.4 Å². The monoisotopic (exact) mass is 454 g/mol. The molecule has 1 aromatic heterocycles. The molecule has 4 rings (SSSR count). The van der Waals surface area contributed by atoms with Crippen LogP contribution in [0.15, 0.2) is 55.1 Å². The summed E-state index contributed by atoms with van der Waals surface area (Å²) in [6.45, 7) is 0.133. The molecule has 1 aliphatic rings. The molecule has 164 valence electrons. The second-order valence-corrected chi connectivity index (χ2v) is 7.98. The molecule has 1 aliphatic heterocycles. The van der Waals surface area contributed by atoms with Crippen molar-refractivity contribution >= 4 is 17.3 Å². The predicted octanol–water partition coefficient (Wildman–Crippen LogP) is 5.12. The smallest absolute Gasteiger partial charge is 0.391 e. The number of anilines is 1. The van der Waals surface area contributed by atoms with Gasteiger partial charge in [-0.15, -0.1) is 0 Å². The molecule has 2 heterocycles. The molecule has 3 unspecified atom stereocenters. The average molecular weight is 455 g/mol. The second kappa shape index (κ2) is 8.12. The van der Waals surface area contributed by atoms with Crippen molar-refractivity contribution < 1.29 is 22.7 Å². The number of rotatable bonds is 6. The highest BCUT2D eigenvalue weighted by Crippen LogP contribution is 2.55. The zero-order chi connectivity index (χ0) is 22.2. The molecule has 0 saturated heterocycles. The number of aliphatic hydroxyl groups excluding tert-OH is 1. The first kappa shape index (κ1) is 21.6. The van der Waals surface area contributed by atoms with E-state index in [4.69, 9.17) is 11.6 Å². The molecule has 31 heavy (non-hydrogen) atoms. The summed E-state index contributed by atoms with van der Waals surface area (Å²) in [6.07, 6.45) is -4.66. The van der Waals surface area contributed by atoms with Crippen LogP contribution in [0.5, 0.6) is 0 Å². The third-order valence-electron chi connectivity index (χ3n) is 5.55. The standard InChI is InChI=1S/C21H19ClF4N4O/c22-14-6-4-13(5-7-14)20(9-8-15(31)10-30-12-27-11-28-30)19(23)18-16(21(24,25)26)2-1-3-17(18)29-20/h1-7,11-12,15,19,29,31H,8-10H2. The molecule has 2 aromatic carbocycles. The highest BCUT2D eigenvalue weighted by molar-refractivity contribution is 6.30. The topological polar surface area (TPSA) is 63.0 Å². The summed E-state index contributed by atoms with van der Waals surface area (Å²) in [5.74, 6) is 0. The Hall–Kier alpha value is -2.65. The molecule has 0 amide bonds. The lowest BCUT2D eigenvalue weighted by atomic mass is 9.80. The fourth-order valence-corrected chi connectivity index (χ4v) is 4.20. The van der Waals surface area contributed by atoms with Crippen LogP contribution in [-0.4, -0.2) is 26.0 Å². The van der Waals surface area contributed by atoms with Gasteiger partial charge in [-0.1, -0.05) is 29.8 Å². The minimum atomic E-state index is -4.69. The maximum atomic E-state index is 15.9. The van der Waals surface area contributed by atoms with E-state index >= 15 is 4.39 Å². The van der Waals surface area contributed by atoms with Gasteiger partial charge in [-0.2, -0.15) is 18.3 Å². The predicted molar refractivity (Wildman–Crippen MR) is 107 cm³/mol. The van der Waals surface area contributed by atoms with Crippen molar-refractivity contribution in [2.24, 2.45) is 0 Å². The Bertz CT molecular complexity index is 1040. The van der Waals surface area contributed by atoms with Crippen LogP contribution in [0.3, 0.4) is 0 Å². The van der Waals surface area contributed by atoms with Gasteiger partial charge in [0.15, 0.2) is 6.17 Å². The van der Waals surface area contributed by atoms with Gasteiger partial charge in [-0.05, 0) is 42.7 Å². The number of alkyl halides is 4. The Morgan fingerprint density at radius 2 is 1.94 bits per heavy atom. The Kier molecular flexibility index (Phi) is 5.65. The van der Waals surface area contributed by atoms with Gasteiger partial charge in [-0.25, -0.2) is 9.37 Å². The number of fused-ring (bicyclic) bond motifs is 1. The number of hydrogen-bond donors (Lipinski definition) is 2. The molecule has 2 N–H and O–H groups in total. The molecule has 0 aliphatic carbocycles. The Labute approximate surface area is 180 Å². The van der Waals surface area contributed by atoms with E-state index in [1.54, 1.807) is 24.3 Å². The molecule has 0 spiro atoms. The average Bonchev–Trinajstić information content (AvgIpc) is 3.33. The summed E-state index contributed by atoms with van der Waals surface area (Å²) in [7, 11) is 0. The number of nitrogens with zero attached hydrogens (tertiary/aromatic N) is 3. The first-order valence-electron chi connectivity index (χ1n) is 9.59. The number of halogens is 5. The lowest BCUT2D eigenvalue weighted by Gasteiger charge is -2.34. The van der Waals surface area contributed by atoms with Crippen LogP contribution in [0.1, 0.15) is 35.7 Å². The van der Waals surface area contributed by atoms with E-state index in [9.17, 15) is 18.3 Å². The van der Waals surface area contributed by atoms with E-state index < -0.39 is 35.1 Å². The fourth-order valence-electron chi connectivity index (χ4n) is 4.07. The zero-order valence-electron chi connectivity index (χ0n) is 16.2. The minimum Gasteiger partial charge on any atom is -0.391 e. The Morgan fingerprint density at radius 3 is 2.58 bits per heavy atom. The summed E-state index contributed by atoms with van der Waals surface area (Å²) in [6, 6.07) is 9.86. The van der Waals surface area contributed by atoms with Crippen LogP contribution in [0, 0.1) is 0 Å². The lowest BCUT2D eigenvalue weighted by molar-refractivity contribution is -0.138. The molecular formula is C21H19ClF4N4O. The zero-order valence-corrected chi connectivity index (χ0v) is 16.9. The first-order chi connectivity index (χ1) is 14.7. The summed E-state index contributed by atoms with van der Waals surface area (Å²) in [5, 5.41) is 17.8. The quantitative estimate of drug-likeness (QED) is 0.507. The van der Waals surface area contributed by atoms with Gasteiger partial charge in [0.25, 0.3) is 0 Å². The van der Waals surface area contributed by atoms with E-state index in [-0.39, 0.29) is 25.1 Å². The molecule has 10 heteroatoms. The van der Waals surface area contributed by atoms with Crippen molar-refractivity contribution in [1.82, 2.24) is 14.8 Å². The van der Waals surface area contributed by atoms with E-state index in [1.165, 1.54) is 29.5 Å². The lowest BCUT2D eigenvalue weighted by Crippen LogP contribution is -2.37. The van der Waals surface area contributed by atoms with E-state index in [1.807, 2.05) is 0 Å². The molecule has 0 bridgehead atoms. The Morgan fingerprint density at radius 1 is 1.19 bits per heavy atom. The van der Waals surface area contributed by atoms with Crippen molar-refractivity contribution in [3.8, 4) is 0 Å². The van der Waals surface area contributed by atoms with E-state index in [2.05, 4.69) is 15.4 Å². The van der Waals surface area contributed by atoms with Gasteiger partial charge in [-0.3, -0.25) is 4.68 Å². The summed E-state index contributed by atoms with van der Waals surface area (Å²) in [4.78, 5) is 3.80. The van der Waals surface area contributed by atoms with E-state index in [0.29, 0.717) is 10.6 Å². The molecule has 3 atom stereocenters. The number of aliphatic hydroxyl groups is 1. The van der Waals surface area contributed by atoms with Gasteiger partial charge in [0.2, 0.25) is 0 Å². The largest absolute Gasteiger partial charge is 0.416 e. The maximum Gasteiger partial charge on any atom is 0.416 e. The van der Waals surface area contributed by atoms with Crippen LogP contribution in [0.2, 0.25) is 5.02 Å². The van der Waals surface area contributed by atoms with Gasteiger partial charge in [0.05, 0.1) is 23.8 Å². The third kappa shape index (κ3) is 4.12. The van der Waals surface area contributed by atoms with Gasteiger partial charge >= 0.3 is 6.18 Å². The SMILES string of the molecule is OC(CCC1(c2ccc(Cl)cc2)Nc2cccc(C(F)(F)F)c2C1F)Cn1cncn1. The van der Waals surface area contributed by atoms with Crippen molar-refractivity contribution in [1.29, 1.82) is 0 Å². The summed E-state index contributed by atoms with van der Waals surface area (Å²) in [5.41, 5.74) is -2.39. The van der Waals surface area contributed by atoms with Crippen LogP contribution < -0.4 is 5.32 Å². The Balaban J connectivity index is 1.69. The normalized spacial score (nSPS) is 21.5. The molecule has 0 radical (unpaired) electrons. The van der Waals surface area contributed by atoms with Crippen molar-refractivity contribution in [3.05, 3.63) is 76.8 Å². The molecular weight excluding hydrogens is 436 g/mol.